The van der Waals surface area contributed by atoms with Crippen molar-refractivity contribution in [2.75, 3.05) is 18.4 Å². The number of para-hydroxylation sites is 1. The molecule has 0 atom stereocenters. The molecule has 162 valence electrons. The van der Waals surface area contributed by atoms with E-state index in [9.17, 15) is 4.79 Å². The number of benzene rings is 2. The zero-order valence-electron chi connectivity index (χ0n) is 17.0. The number of amides is 2. The van der Waals surface area contributed by atoms with Crippen LogP contribution in [-0.4, -0.2) is 39.1 Å². The van der Waals surface area contributed by atoms with Crippen LogP contribution in [0.3, 0.4) is 0 Å². The van der Waals surface area contributed by atoms with Gasteiger partial charge in [0.1, 0.15) is 5.69 Å². The van der Waals surface area contributed by atoms with Crippen molar-refractivity contribution in [3.63, 3.8) is 0 Å². The van der Waals surface area contributed by atoms with Crippen LogP contribution in [0.2, 0.25) is 10.0 Å². The van der Waals surface area contributed by atoms with E-state index in [4.69, 9.17) is 27.7 Å². The number of hydrogen-bond donors (Lipinski definition) is 1. The fourth-order valence-electron chi connectivity index (χ4n) is 3.85. The summed E-state index contributed by atoms with van der Waals surface area (Å²) < 4.78 is 5.54. The molecule has 1 fully saturated rings. The number of fused-ring (bicyclic) bond motifs is 1. The van der Waals surface area contributed by atoms with Gasteiger partial charge in [0.15, 0.2) is 0 Å². The highest BCUT2D eigenvalue weighted by molar-refractivity contribution is 6.35. The molecule has 2 aromatic carbocycles. The van der Waals surface area contributed by atoms with Gasteiger partial charge in [-0.25, -0.2) is 9.78 Å². The summed E-state index contributed by atoms with van der Waals surface area (Å²) in [7, 11) is 0. The van der Waals surface area contributed by atoms with E-state index >= 15 is 0 Å². The zero-order valence-corrected chi connectivity index (χ0v) is 18.5. The molecule has 32 heavy (non-hydrogen) atoms. The van der Waals surface area contributed by atoms with Crippen LogP contribution in [0, 0.1) is 0 Å². The van der Waals surface area contributed by atoms with Crippen molar-refractivity contribution in [3.8, 4) is 11.5 Å². The van der Waals surface area contributed by atoms with Gasteiger partial charge in [0.2, 0.25) is 11.7 Å². The first kappa shape index (κ1) is 20.7. The topological polar surface area (TPSA) is 84.2 Å². The van der Waals surface area contributed by atoms with E-state index < -0.39 is 0 Å². The summed E-state index contributed by atoms with van der Waals surface area (Å²) in [6, 6.07) is 16.6. The molecule has 1 saturated heterocycles. The Labute approximate surface area is 194 Å². The fourth-order valence-corrected chi connectivity index (χ4v) is 4.38. The van der Waals surface area contributed by atoms with Crippen LogP contribution in [0.1, 0.15) is 24.7 Å². The molecule has 0 bridgehead atoms. The summed E-state index contributed by atoms with van der Waals surface area (Å²) in [5.41, 5.74) is 2.13. The third-order valence-electron chi connectivity index (χ3n) is 5.51. The van der Waals surface area contributed by atoms with E-state index in [1.807, 2.05) is 36.4 Å². The zero-order chi connectivity index (χ0) is 22.1. The number of aromatic nitrogens is 3. The first-order chi connectivity index (χ1) is 15.5. The number of piperidine rings is 1. The monoisotopic (exact) mass is 467 g/mol. The second kappa shape index (κ2) is 8.76. The van der Waals surface area contributed by atoms with Crippen LogP contribution in [0.25, 0.3) is 22.4 Å². The molecule has 0 radical (unpaired) electrons. The van der Waals surface area contributed by atoms with Crippen molar-refractivity contribution in [2.24, 2.45) is 0 Å². The van der Waals surface area contributed by atoms with Gasteiger partial charge >= 0.3 is 6.03 Å². The van der Waals surface area contributed by atoms with Crippen LogP contribution >= 0.6 is 23.2 Å². The number of carbonyl (C=O) groups is 1. The highest BCUT2D eigenvalue weighted by Crippen LogP contribution is 2.29. The number of likely N-dealkylation sites (tertiary alicyclic amines) is 1. The molecule has 0 spiro atoms. The second-order valence-electron chi connectivity index (χ2n) is 7.70. The van der Waals surface area contributed by atoms with E-state index in [0.717, 1.165) is 23.7 Å². The van der Waals surface area contributed by atoms with Crippen LogP contribution in [0.5, 0.6) is 0 Å². The molecule has 0 unspecified atom stereocenters. The van der Waals surface area contributed by atoms with Gasteiger partial charge in [-0.05, 0) is 43.2 Å². The lowest BCUT2D eigenvalue weighted by Gasteiger charge is -2.30. The highest BCUT2D eigenvalue weighted by Gasteiger charge is 2.28. The number of rotatable bonds is 3. The van der Waals surface area contributed by atoms with Crippen LogP contribution in [0.4, 0.5) is 10.5 Å². The SMILES string of the molecule is O=C(Nc1cc(Cl)cc(Cl)c1)N1CCC(c2nc(-c3ccc4ccccc4n3)no2)CC1. The Morgan fingerprint density at radius 1 is 1.00 bits per heavy atom. The van der Waals surface area contributed by atoms with Crippen molar-refractivity contribution in [2.45, 2.75) is 18.8 Å². The summed E-state index contributed by atoms with van der Waals surface area (Å²) in [5.74, 6) is 1.15. The Bertz CT molecular complexity index is 1260. The number of hydrogen-bond acceptors (Lipinski definition) is 5. The quantitative estimate of drug-likeness (QED) is 0.399. The lowest BCUT2D eigenvalue weighted by atomic mass is 9.97. The van der Waals surface area contributed by atoms with E-state index in [-0.39, 0.29) is 11.9 Å². The Balaban J connectivity index is 1.22. The lowest BCUT2D eigenvalue weighted by Crippen LogP contribution is -2.40. The molecule has 1 aliphatic heterocycles. The Morgan fingerprint density at radius 2 is 1.75 bits per heavy atom. The van der Waals surface area contributed by atoms with Gasteiger partial charge in [0, 0.05) is 40.1 Å². The predicted octanol–water partition coefficient (Wildman–Crippen LogP) is 6.00. The molecule has 9 heteroatoms. The highest BCUT2D eigenvalue weighted by atomic mass is 35.5. The number of carbonyl (C=O) groups excluding carboxylic acids is 1. The minimum atomic E-state index is -0.187. The average Bonchev–Trinajstić information content (AvgIpc) is 3.28. The smallest absolute Gasteiger partial charge is 0.321 e. The molecule has 5 rings (SSSR count). The van der Waals surface area contributed by atoms with Crippen molar-refractivity contribution in [1.29, 1.82) is 0 Å². The molecule has 2 amide bonds. The molecule has 3 heterocycles. The molecule has 1 aliphatic rings. The standard InChI is InChI=1S/C23H19Cl2N5O2/c24-16-11-17(25)13-18(12-16)26-23(31)30-9-7-15(8-10-30)22-28-21(29-32-22)20-6-5-14-3-1-2-4-19(14)27-20/h1-6,11-13,15H,7-10H2,(H,26,31). The van der Waals surface area contributed by atoms with Gasteiger partial charge in [-0.1, -0.05) is 52.6 Å². The summed E-state index contributed by atoms with van der Waals surface area (Å²) in [6.45, 7) is 1.16. The van der Waals surface area contributed by atoms with Gasteiger partial charge in [-0.3, -0.25) is 0 Å². The molecule has 2 aromatic heterocycles. The van der Waals surface area contributed by atoms with Crippen LogP contribution in [-0.2, 0) is 0 Å². The number of anilines is 1. The molecule has 0 saturated carbocycles. The Kier molecular flexibility index (Phi) is 5.68. The lowest BCUT2D eigenvalue weighted by molar-refractivity contribution is 0.187. The van der Waals surface area contributed by atoms with Gasteiger partial charge in [0.05, 0.1) is 5.52 Å². The molecular formula is C23H19Cl2N5O2. The van der Waals surface area contributed by atoms with Gasteiger partial charge < -0.3 is 14.7 Å². The third-order valence-corrected chi connectivity index (χ3v) is 5.95. The molecule has 0 aliphatic carbocycles. The maximum absolute atomic E-state index is 12.6. The van der Waals surface area contributed by atoms with Crippen molar-refractivity contribution in [1.82, 2.24) is 20.0 Å². The van der Waals surface area contributed by atoms with Crippen LogP contribution < -0.4 is 5.32 Å². The maximum Gasteiger partial charge on any atom is 0.321 e. The number of nitrogens with one attached hydrogen (secondary N) is 1. The third kappa shape index (κ3) is 4.40. The molecule has 1 N–H and O–H groups in total. The van der Waals surface area contributed by atoms with E-state index in [2.05, 4.69) is 20.4 Å². The summed E-state index contributed by atoms with van der Waals surface area (Å²) in [4.78, 5) is 23.6. The normalized spacial score (nSPS) is 14.6. The molecule has 4 aromatic rings. The van der Waals surface area contributed by atoms with E-state index in [0.29, 0.717) is 46.2 Å². The second-order valence-corrected chi connectivity index (χ2v) is 8.57. The number of nitrogens with zero attached hydrogens (tertiary/aromatic N) is 4. The maximum atomic E-state index is 12.6. The Hall–Kier alpha value is -3.16. The van der Waals surface area contributed by atoms with Gasteiger partial charge in [-0.2, -0.15) is 4.98 Å². The first-order valence-corrected chi connectivity index (χ1v) is 11.0. The van der Waals surface area contributed by atoms with E-state index in [1.54, 1.807) is 23.1 Å². The summed E-state index contributed by atoms with van der Waals surface area (Å²) >= 11 is 12.0. The van der Waals surface area contributed by atoms with Crippen LogP contribution in [0.15, 0.2) is 59.1 Å². The van der Waals surface area contributed by atoms with Gasteiger partial charge in [0.25, 0.3) is 0 Å². The van der Waals surface area contributed by atoms with E-state index in [1.165, 1.54) is 0 Å². The van der Waals surface area contributed by atoms with Crippen molar-refractivity contribution >= 4 is 45.8 Å². The predicted molar refractivity (Wildman–Crippen MR) is 124 cm³/mol. The largest absolute Gasteiger partial charge is 0.339 e. The first-order valence-electron chi connectivity index (χ1n) is 10.3. The summed E-state index contributed by atoms with van der Waals surface area (Å²) in [5, 5.41) is 8.98. The van der Waals surface area contributed by atoms with Crippen molar-refractivity contribution < 1.29 is 9.32 Å². The van der Waals surface area contributed by atoms with Gasteiger partial charge in [-0.15, -0.1) is 0 Å². The number of urea groups is 1. The minimum absolute atomic E-state index is 0.0985. The average molecular weight is 468 g/mol. The number of pyridine rings is 1. The minimum Gasteiger partial charge on any atom is -0.339 e. The molecule has 7 nitrogen and oxygen atoms in total. The van der Waals surface area contributed by atoms with Crippen molar-refractivity contribution in [3.05, 3.63) is 70.5 Å². The Morgan fingerprint density at radius 3 is 2.53 bits per heavy atom. The molecular weight excluding hydrogens is 449 g/mol. The number of halogens is 2. The summed E-state index contributed by atoms with van der Waals surface area (Å²) in [6.07, 6.45) is 1.47. The fraction of sp³-hybridized carbons (Fsp3) is 0.217.